The average Bonchev–Trinajstić information content (AvgIpc) is 2.56. The molecule has 0 aliphatic heterocycles. The molecule has 2 rings (SSSR count). The molecule has 7 nitrogen and oxygen atoms in total. The van der Waals surface area contributed by atoms with E-state index in [0.29, 0.717) is 16.8 Å². The lowest BCUT2D eigenvalue weighted by Gasteiger charge is -2.22. The number of hydrogen-bond donors (Lipinski definition) is 1. The number of aromatic amines is 1. The molecule has 1 N–H and O–H groups in total. The van der Waals surface area contributed by atoms with Gasteiger partial charge in [0.1, 0.15) is 6.04 Å². The summed E-state index contributed by atoms with van der Waals surface area (Å²) < 4.78 is 6.26. The van der Waals surface area contributed by atoms with Gasteiger partial charge in [0, 0.05) is 23.7 Å². The summed E-state index contributed by atoms with van der Waals surface area (Å²) in [6, 6.07) is 2.45. The van der Waals surface area contributed by atoms with Crippen LogP contribution in [-0.2, 0) is 9.53 Å². The number of esters is 1. The highest BCUT2D eigenvalue weighted by Gasteiger charge is 2.30. The van der Waals surface area contributed by atoms with Gasteiger partial charge in [-0.3, -0.25) is 9.78 Å². The molecule has 0 aliphatic carbocycles. The number of carbonyl (C=O) groups excluding carboxylic acids is 1. The summed E-state index contributed by atoms with van der Waals surface area (Å²) in [7, 11) is 0. The standard InChI is InChI=1S/C19H25N3O4/c1-11(2)10-26-18(24)16(12(3)4)22-17(23)15(13(5)21-19(22)25)14-7-6-8-20-9-14/h6-9,11-12,16H,10H2,1-5H3,(H,21,25)/t16-/m0/s1. The van der Waals surface area contributed by atoms with Crippen molar-refractivity contribution in [3.05, 3.63) is 51.1 Å². The van der Waals surface area contributed by atoms with E-state index in [1.807, 2.05) is 13.8 Å². The molecule has 1 atom stereocenters. The number of nitrogens with zero attached hydrogens (tertiary/aromatic N) is 2. The Kier molecular flexibility index (Phi) is 6.13. The fourth-order valence-electron chi connectivity index (χ4n) is 2.77. The lowest BCUT2D eigenvalue weighted by molar-refractivity contribution is -0.150. The third-order valence-electron chi connectivity index (χ3n) is 3.98. The summed E-state index contributed by atoms with van der Waals surface area (Å²) in [5.41, 5.74) is 0.181. The quantitative estimate of drug-likeness (QED) is 0.799. The number of aromatic nitrogens is 3. The zero-order valence-electron chi connectivity index (χ0n) is 15.8. The van der Waals surface area contributed by atoms with Gasteiger partial charge in [-0.1, -0.05) is 33.8 Å². The first-order valence-electron chi connectivity index (χ1n) is 8.66. The number of aryl methyl sites for hydroxylation is 1. The minimum Gasteiger partial charge on any atom is -0.464 e. The van der Waals surface area contributed by atoms with Gasteiger partial charge in [0.05, 0.1) is 12.2 Å². The second-order valence-corrected chi connectivity index (χ2v) is 7.06. The van der Waals surface area contributed by atoms with Gasteiger partial charge in [0.15, 0.2) is 0 Å². The molecule has 26 heavy (non-hydrogen) atoms. The van der Waals surface area contributed by atoms with Gasteiger partial charge in [0.2, 0.25) is 0 Å². The number of H-pyrrole nitrogens is 1. The minimum absolute atomic E-state index is 0.158. The van der Waals surface area contributed by atoms with E-state index in [1.165, 1.54) is 0 Å². The first-order valence-corrected chi connectivity index (χ1v) is 8.66. The number of nitrogens with one attached hydrogen (secondary N) is 1. The highest BCUT2D eigenvalue weighted by molar-refractivity contribution is 5.75. The number of carbonyl (C=O) groups is 1. The Balaban J connectivity index is 2.62. The van der Waals surface area contributed by atoms with Crippen LogP contribution in [0.15, 0.2) is 34.1 Å². The van der Waals surface area contributed by atoms with Crippen LogP contribution in [0.2, 0.25) is 0 Å². The number of pyridine rings is 1. The van der Waals surface area contributed by atoms with E-state index in [-0.39, 0.29) is 18.4 Å². The third-order valence-corrected chi connectivity index (χ3v) is 3.98. The average molecular weight is 359 g/mol. The van der Waals surface area contributed by atoms with E-state index >= 15 is 0 Å². The zero-order chi connectivity index (χ0) is 19.4. The van der Waals surface area contributed by atoms with Crippen LogP contribution >= 0.6 is 0 Å². The van der Waals surface area contributed by atoms with Gasteiger partial charge in [0.25, 0.3) is 5.56 Å². The molecule has 0 radical (unpaired) electrons. The van der Waals surface area contributed by atoms with Crippen molar-refractivity contribution < 1.29 is 9.53 Å². The molecule has 0 aromatic carbocycles. The lowest BCUT2D eigenvalue weighted by atomic mass is 10.0. The maximum Gasteiger partial charge on any atom is 0.329 e. The smallest absolute Gasteiger partial charge is 0.329 e. The fourth-order valence-corrected chi connectivity index (χ4v) is 2.77. The van der Waals surface area contributed by atoms with Crippen LogP contribution in [0.5, 0.6) is 0 Å². The SMILES string of the molecule is Cc1[nH]c(=O)n([C@H](C(=O)OCC(C)C)C(C)C)c(=O)c1-c1cccnc1. The van der Waals surface area contributed by atoms with Gasteiger partial charge in [-0.05, 0) is 24.8 Å². The number of rotatable bonds is 6. The molecule has 0 fully saturated rings. The normalized spacial score (nSPS) is 12.4. The van der Waals surface area contributed by atoms with E-state index in [0.717, 1.165) is 4.57 Å². The first-order chi connectivity index (χ1) is 12.2. The molecule has 7 heteroatoms. The van der Waals surface area contributed by atoms with Crippen LogP contribution in [0.4, 0.5) is 0 Å². The second kappa shape index (κ2) is 8.12. The van der Waals surface area contributed by atoms with E-state index in [2.05, 4.69) is 9.97 Å². The van der Waals surface area contributed by atoms with E-state index in [4.69, 9.17) is 4.74 Å². The monoisotopic (exact) mass is 359 g/mol. The summed E-state index contributed by atoms with van der Waals surface area (Å²) >= 11 is 0. The van der Waals surface area contributed by atoms with Crippen molar-refractivity contribution >= 4 is 5.97 Å². The molecule has 0 saturated heterocycles. The Morgan fingerprint density at radius 1 is 1.27 bits per heavy atom. The first kappa shape index (κ1) is 19.6. The van der Waals surface area contributed by atoms with Gasteiger partial charge >= 0.3 is 11.7 Å². The topological polar surface area (TPSA) is 94.0 Å². The number of ether oxygens (including phenoxy) is 1. The molecule has 2 heterocycles. The molecule has 140 valence electrons. The Bertz CT molecular complexity index is 882. The molecular formula is C19H25N3O4. The Hall–Kier alpha value is -2.70. The summed E-state index contributed by atoms with van der Waals surface area (Å²) in [4.78, 5) is 44.9. The predicted molar refractivity (Wildman–Crippen MR) is 99.0 cm³/mol. The van der Waals surface area contributed by atoms with Crippen molar-refractivity contribution in [3.63, 3.8) is 0 Å². The molecular weight excluding hydrogens is 334 g/mol. The van der Waals surface area contributed by atoms with Crippen molar-refractivity contribution in [3.8, 4) is 11.1 Å². The summed E-state index contributed by atoms with van der Waals surface area (Å²) in [6.07, 6.45) is 3.15. The largest absolute Gasteiger partial charge is 0.464 e. The third kappa shape index (κ3) is 4.09. The van der Waals surface area contributed by atoms with Crippen LogP contribution in [0.1, 0.15) is 39.4 Å². The van der Waals surface area contributed by atoms with Crippen molar-refractivity contribution in [1.82, 2.24) is 14.5 Å². The fraction of sp³-hybridized carbons (Fsp3) is 0.474. The molecule has 0 saturated carbocycles. The van der Waals surface area contributed by atoms with Crippen LogP contribution in [-0.4, -0.2) is 27.1 Å². The number of hydrogen-bond acceptors (Lipinski definition) is 5. The molecule has 0 aliphatic rings. The van der Waals surface area contributed by atoms with Crippen LogP contribution < -0.4 is 11.2 Å². The maximum absolute atomic E-state index is 13.1. The second-order valence-electron chi connectivity index (χ2n) is 7.06. The highest BCUT2D eigenvalue weighted by atomic mass is 16.5. The maximum atomic E-state index is 13.1. The van der Waals surface area contributed by atoms with Crippen molar-refractivity contribution in [2.45, 2.75) is 40.7 Å². The molecule has 2 aromatic heterocycles. The van der Waals surface area contributed by atoms with Crippen molar-refractivity contribution in [1.29, 1.82) is 0 Å². The van der Waals surface area contributed by atoms with Crippen molar-refractivity contribution in [2.75, 3.05) is 6.61 Å². The highest BCUT2D eigenvalue weighted by Crippen LogP contribution is 2.20. The zero-order valence-corrected chi connectivity index (χ0v) is 15.8. The van der Waals surface area contributed by atoms with Gasteiger partial charge in [-0.15, -0.1) is 0 Å². The summed E-state index contributed by atoms with van der Waals surface area (Å²) in [5, 5.41) is 0. The van der Waals surface area contributed by atoms with E-state index in [9.17, 15) is 14.4 Å². The Labute approximate surface area is 152 Å². The summed E-state index contributed by atoms with van der Waals surface area (Å²) in [5.74, 6) is -0.717. The molecule has 0 unspecified atom stereocenters. The van der Waals surface area contributed by atoms with Gasteiger partial charge in [-0.25, -0.2) is 14.2 Å². The van der Waals surface area contributed by atoms with E-state index < -0.39 is 23.3 Å². The molecule has 0 spiro atoms. The van der Waals surface area contributed by atoms with E-state index in [1.54, 1.807) is 45.3 Å². The van der Waals surface area contributed by atoms with Crippen molar-refractivity contribution in [2.24, 2.45) is 11.8 Å². The van der Waals surface area contributed by atoms with Gasteiger partial charge in [-0.2, -0.15) is 0 Å². The minimum atomic E-state index is -0.999. The molecule has 0 amide bonds. The molecule has 2 aromatic rings. The van der Waals surface area contributed by atoms with Gasteiger partial charge < -0.3 is 9.72 Å². The lowest BCUT2D eigenvalue weighted by Crippen LogP contribution is -2.44. The van der Waals surface area contributed by atoms with Crippen LogP contribution in [0.25, 0.3) is 11.1 Å². The predicted octanol–water partition coefficient (Wildman–Crippen LogP) is 2.30. The Morgan fingerprint density at radius 2 is 1.96 bits per heavy atom. The van der Waals surface area contributed by atoms with Crippen LogP contribution in [0.3, 0.4) is 0 Å². The molecule has 0 bridgehead atoms. The summed E-state index contributed by atoms with van der Waals surface area (Å²) in [6.45, 7) is 9.27. The van der Waals surface area contributed by atoms with Crippen LogP contribution in [0, 0.1) is 18.8 Å². The Morgan fingerprint density at radius 3 is 2.50 bits per heavy atom.